The van der Waals surface area contributed by atoms with Gasteiger partial charge in [-0.3, -0.25) is 0 Å². The highest BCUT2D eigenvalue weighted by molar-refractivity contribution is 6.04. The van der Waals surface area contributed by atoms with E-state index in [-0.39, 0.29) is 0 Å². The molecule has 0 saturated heterocycles. The fourth-order valence-corrected chi connectivity index (χ4v) is 4.04. The van der Waals surface area contributed by atoms with E-state index in [0.29, 0.717) is 23.5 Å². The van der Waals surface area contributed by atoms with Gasteiger partial charge in [-0.05, 0) is 24.3 Å². The molecule has 27 heavy (non-hydrogen) atoms. The second-order valence-corrected chi connectivity index (χ2v) is 6.59. The summed E-state index contributed by atoms with van der Waals surface area (Å²) in [6.45, 7) is 7.98. The van der Waals surface area contributed by atoms with Crippen LogP contribution in [0.15, 0.2) is 53.2 Å². The van der Waals surface area contributed by atoms with E-state index >= 15 is 0 Å². The van der Waals surface area contributed by atoms with E-state index in [1.165, 1.54) is 5.56 Å². The van der Waals surface area contributed by atoms with Crippen LogP contribution < -0.4 is 4.68 Å². The molecule has 124 valence electrons. The van der Waals surface area contributed by atoms with E-state index in [2.05, 4.69) is 31.3 Å². The van der Waals surface area contributed by atoms with Gasteiger partial charge in [-0.15, -0.1) is 9.36 Å². The van der Waals surface area contributed by atoms with Crippen molar-refractivity contribution in [3.05, 3.63) is 71.3 Å². The molecule has 0 spiro atoms. The smallest absolute Gasteiger partial charge is 0.227 e. The predicted octanol–water partition coefficient (Wildman–Crippen LogP) is 4.00. The molecule has 3 aromatic heterocycles. The summed E-state index contributed by atoms with van der Waals surface area (Å²) in [5.41, 5.74) is 5.35. The van der Waals surface area contributed by atoms with Crippen LogP contribution in [0.3, 0.4) is 0 Å². The molecule has 5 aromatic rings. The maximum absolute atomic E-state index is 9.52. The van der Waals surface area contributed by atoms with Crippen molar-refractivity contribution >= 4 is 38.7 Å². The summed E-state index contributed by atoms with van der Waals surface area (Å²) in [6.07, 6.45) is 3.67. The molecule has 6 rings (SSSR count). The van der Waals surface area contributed by atoms with Crippen molar-refractivity contribution in [1.29, 1.82) is 5.26 Å². The molecular formula is C21H10N5O+. The van der Waals surface area contributed by atoms with Gasteiger partial charge < -0.3 is 4.42 Å². The Bertz CT molecular complexity index is 1520. The minimum Gasteiger partial charge on any atom is -0.438 e. The lowest BCUT2D eigenvalue weighted by Gasteiger charge is -2.00. The second kappa shape index (κ2) is 4.72. The van der Waals surface area contributed by atoms with Gasteiger partial charge in [0.25, 0.3) is 0 Å². The number of nitrogens with zero attached hydrogens (tertiary/aromatic N) is 5. The van der Waals surface area contributed by atoms with Gasteiger partial charge in [-0.1, -0.05) is 6.07 Å². The molecule has 1 aliphatic heterocycles. The SMILES string of the molecule is [C-]#[N+]c1ccc2c(c[n+]3n2-c2cc4oc5ncccc5c4cc2C3)c1C#N. The number of pyridine rings is 1. The third kappa shape index (κ3) is 1.67. The number of hydrogen-bond donors (Lipinski definition) is 0. The van der Waals surface area contributed by atoms with Gasteiger partial charge in [0.05, 0.1) is 23.6 Å². The lowest BCUT2D eigenvalue weighted by atomic mass is 10.1. The van der Waals surface area contributed by atoms with Crippen molar-refractivity contribution in [2.75, 3.05) is 0 Å². The van der Waals surface area contributed by atoms with Crippen LogP contribution in [0.25, 0.3) is 43.5 Å². The van der Waals surface area contributed by atoms with Gasteiger partial charge in [0.1, 0.15) is 16.8 Å². The van der Waals surface area contributed by atoms with Crippen LogP contribution in [0.4, 0.5) is 5.69 Å². The summed E-state index contributed by atoms with van der Waals surface area (Å²) >= 11 is 0. The number of aromatic nitrogens is 3. The molecule has 0 fully saturated rings. The molecule has 0 bridgehead atoms. The average molecular weight is 348 g/mol. The maximum atomic E-state index is 9.52. The van der Waals surface area contributed by atoms with E-state index in [1.807, 2.05) is 30.5 Å². The molecule has 0 aliphatic carbocycles. The van der Waals surface area contributed by atoms with Crippen molar-refractivity contribution in [1.82, 2.24) is 9.67 Å². The molecule has 0 amide bonds. The first-order chi connectivity index (χ1) is 13.3. The Morgan fingerprint density at radius 3 is 3.00 bits per heavy atom. The van der Waals surface area contributed by atoms with Crippen molar-refractivity contribution in [2.45, 2.75) is 6.54 Å². The highest BCUT2D eigenvalue weighted by atomic mass is 16.3. The number of benzene rings is 2. The number of nitriles is 1. The topological polar surface area (TPSA) is 63.0 Å². The van der Waals surface area contributed by atoms with Crippen molar-refractivity contribution in [3.8, 4) is 11.8 Å². The Hall–Kier alpha value is -4.16. The fraction of sp³-hybridized carbons (Fsp3) is 0.0476. The third-order valence-electron chi connectivity index (χ3n) is 5.21. The molecule has 6 nitrogen and oxygen atoms in total. The zero-order chi connectivity index (χ0) is 18.1. The number of fused-ring (bicyclic) bond motifs is 8. The normalized spacial score (nSPS) is 12.2. The van der Waals surface area contributed by atoms with Gasteiger partial charge in [-0.25, -0.2) is 9.83 Å². The lowest BCUT2D eigenvalue weighted by Crippen LogP contribution is -2.36. The maximum Gasteiger partial charge on any atom is 0.227 e. The van der Waals surface area contributed by atoms with Gasteiger partial charge in [0.2, 0.25) is 17.6 Å². The zero-order valence-corrected chi connectivity index (χ0v) is 14.0. The molecule has 0 saturated carbocycles. The van der Waals surface area contributed by atoms with Crippen LogP contribution in [-0.2, 0) is 6.54 Å². The van der Waals surface area contributed by atoms with Crippen molar-refractivity contribution < 1.29 is 9.10 Å². The summed E-state index contributed by atoms with van der Waals surface area (Å²) < 4.78 is 10.1. The monoisotopic (exact) mass is 348 g/mol. The van der Waals surface area contributed by atoms with Gasteiger partial charge in [0.15, 0.2) is 6.54 Å². The standard InChI is InChI=1S/C21H10N5O/c1-23-17-4-5-18-16(15(17)9-22)11-25-10-12-7-14-13-3-2-6-24-21(13)27-20(14)8-19(12)26(18)25/h2-8,11H,10H2/q+1. The minimum atomic E-state index is 0.383. The quantitative estimate of drug-likeness (QED) is 0.308. The van der Waals surface area contributed by atoms with E-state index in [9.17, 15) is 5.26 Å². The molecule has 0 N–H and O–H groups in total. The van der Waals surface area contributed by atoms with Crippen LogP contribution in [0.5, 0.6) is 0 Å². The molecule has 2 aromatic carbocycles. The molecule has 1 aliphatic rings. The van der Waals surface area contributed by atoms with Crippen LogP contribution >= 0.6 is 0 Å². The van der Waals surface area contributed by atoms with Gasteiger partial charge in [0, 0.05) is 28.6 Å². The Kier molecular flexibility index (Phi) is 2.46. The molecular weight excluding hydrogens is 338 g/mol. The van der Waals surface area contributed by atoms with Crippen LogP contribution in [0.1, 0.15) is 11.1 Å². The number of rotatable bonds is 0. The number of furan rings is 1. The molecule has 0 unspecified atom stereocenters. The molecule has 6 heteroatoms. The first-order valence-corrected chi connectivity index (χ1v) is 8.45. The first kappa shape index (κ1) is 14.1. The predicted molar refractivity (Wildman–Crippen MR) is 98.6 cm³/mol. The van der Waals surface area contributed by atoms with Gasteiger partial charge >= 0.3 is 0 Å². The Morgan fingerprint density at radius 1 is 1.22 bits per heavy atom. The molecule has 0 radical (unpaired) electrons. The summed E-state index contributed by atoms with van der Waals surface area (Å²) in [7, 11) is 0. The minimum absolute atomic E-state index is 0.383. The first-order valence-electron chi connectivity index (χ1n) is 8.45. The zero-order valence-electron chi connectivity index (χ0n) is 14.0. The summed E-state index contributed by atoms with van der Waals surface area (Å²) in [5.74, 6) is 0. The number of hydrogen-bond acceptors (Lipinski definition) is 3. The molecule has 4 heterocycles. The average Bonchev–Trinajstić information content (AvgIpc) is 3.34. The third-order valence-corrected chi connectivity index (χ3v) is 5.21. The van der Waals surface area contributed by atoms with E-state index in [0.717, 1.165) is 32.9 Å². The highest BCUT2D eigenvalue weighted by Gasteiger charge is 2.31. The highest BCUT2D eigenvalue weighted by Crippen LogP contribution is 2.35. The summed E-state index contributed by atoms with van der Waals surface area (Å²) in [6, 6.07) is 13.9. The van der Waals surface area contributed by atoms with Crippen molar-refractivity contribution in [2.24, 2.45) is 0 Å². The molecule has 0 atom stereocenters. The van der Waals surface area contributed by atoms with Gasteiger partial charge in [-0.2, -0.15) is 5.26 Å². The Labute approximate surface area is 152 Å². The van der Waals surface area contributed by atoms with E-state index in [4.69, 9.17) is 11.0 Å². The van der Waals surface area contributed by atoms with Crippen molar-refractivity contribution in [3.63, 3.8) is 0 Å². The van der Waals surface area contributed by atoms with Crippen LogP contribution in [-0.4, -0.2) is 9.67 Å². The summed E-state index contributed by atoms with van der Waals surface area (Å²) in [4.78, 5) is 7.78. The largest absolute Gasteiger partial charge is 0.438 e. The second-order valence-electron chi connectivity index (χ2n) is 6.59. The fourth-order valence-electron chi connectivity index (χ4n) is 4.04. The Balaban J connectivity index is 1.69. The lowest BCUT2D eigenvalue weighted by molar-refractivity contribution is -0.749. The van der Waals surface area contributed by atoms with Crippen LogP contribution in [0, 0.1) is 17.9 Å². The van der Waals surface area contributed by atoms with E-state index < -0.39 is 0 Å². The summed E-state index contributed by atoms with van der Waals surface area (Å²) in [5, 5.41) is 12.4. The van der Waals surface area contributed by atoms with E-state index in [1.54, 1.807) is 12.3 Å². The van der Waals surface area contributed by atoms with Crippen LogP contribution in [0.2, 0.25) is 0 Å². The Morgan fingerprint density at radius 2 is 2.15 bits per heavy atom.